The summed E-state index contributed by atoms with van der Waals surface area (Å²) in [5, 5.41) is 18.6. The predicted octanol–water partition coefficient (Wildman–Crippen LogP) is 1.91. The second kappa shape index (κ2) is 3.91. The van der Waals surface area contributed by atoms with Gasteiger partial charge in [0.1, 0.15) is 17.6 Å². The number of phenolic OH excluding ortho intramolecular Hbond substituents is 1. The number of pyridine rings is 1. The van der Waals surface area contributed by atoms with Crippen molar-refractivity contribution in [2.24, 2.45) is 0 Å². The van der Waals surface area contributed by atoms with Crippen LogP contribution < -0.4 is 5.73 Å². The fourth-order valence-corrected chi connectivity index (χ4v) is 1.43. The van der Waals surface area contributed by atoms with E-state index in [1.54, 1.807) is 36.5 Å². The molecule has 0 bridgehead atoms. The number of benzene rings is 1. The van der Waals surface area contributed by atoms with E-state index in [0.29, 0.717) is 11.4 Å². The molecule has 0 atom stereocenters. The Hall–Kier alpha value is -2.54. The molecule has 0 unspecified atom stereocenters. The number of anilines is 1. The minimum absolute atomic E-state index is 0.0310. The third kappa shape index (κ3) is 1.66. The van der Waals surface area contributed by atoms with E-state index >= 15 is 0 Å². The van der Waals surface area contributed by atoms with Crippen molar-refractivity contribution >= 4 is 5.82 Å². The Bertz CT molecular complexity index is 555. The number of hydrogen-bond donors (Lipinski definition) is 2. The molecule has 0 aliphatic heterocycles. The van der Waals surface area contributed by atoms with Crippen LogP contribution in [0.3, 0.4) is 0 Å². The molecular formula is C12H9N3O. The largest absolute Gasteiger partial charge is 0.506 e. The van der Waals surface area contributed by atoms with E-state index in [1.165, 1.54) is 0 Å². The lowest BCUT2D eigenvalue weighted by atomic mass is 10.0. The summed E-state index contributed by atoms with van der Waals surface area (Å²) < 4.78 is 0. The van der Waals surface area contributed by atoms with Gasteiger partial charge >= 0.3 is 0 Å². The van der Waals surface area contributed by atoms with Gasteiger partial charge in [0.2, 0.25) is 0 Å². The highest BCUT2D eigenvalue weighted by Crippen LogP contribution is 2.31. The lowest BCUT2D eigenvalue weighted by Gasteiger charge is -2.05. The third-order valence-electron chi connectivity index (χ3n) is 2.25. The molecule has 4 nitrogen and oxygen atoms in total. The van der Waals surface area contributed by atoms with Crippen LogP contribution >= 0.6 is 0 Å². The standard InChI is InChI=1S/C12H9N3O/c13-6-8-2-1-3-10(12(8)16)9-4-5-11(14)15-7-9/h1-5,7,16H,(H2,14,15). The van der Waals surface area contributed by atoms with E-state index in [-0.39, 0.29) is 11.3 Å². The zero-order valence-corrected chi connectivity index (χ0v) is 8.38. The molecule has 2 aromatic rings. The summed E-state index contributed by atoms with van der Waals surface area (Å²) in [6.45, 7) is 0. The number of nitriles is 1. The van der Waals surface area contributed by atoms with Crippen molar-refractivity contribution in [2.75, 3.05) is 5.73 Å². The van der Waals surface area contributed by atoms with Gasteiger partial charge in [0, 0.05) is 17.3 Å². The van der Waals surface area contributed by atoms with Gasteiger partial charge in [0.05, 0.1) is 5.56 Å². The molecule has 1 heterocycles. The summed E-state index contributed by atoms with van der Waals surface area (Å²) in [6, 6.07) is 10.3. The summed E-state index contributed by atoms with van der Waals surface area (Å²) in [7, 11) is 0. The average molecular weight is 211 g/mol. The highest BCUT2D eigenvalue weighted by atomic mass is 16.3. The smallest absolute Gasteiger partial charge is 0.141 e. The average Bonchev–Trinajstić information content (AvgIpc) is 2.31. The Kier molecular flexibility index (Phi) is 2.44. The molecule has 1 aromatic carbocycles. The first-order valence-corrected chi connectivity index (χ1v) is 4.66. The summed E-state index contributed by atoms with van der Waals surface area (Å²) in [5.41, 5.74) is 7.02. The van der Waals surface area contributed by atoms with Crippen molar-refractivity contribution in [3.63, 3.8) is 0 Å². The molecule has 0 aliphatic rings. The van der Waals surface area contributed by atoms with E-state index in [9.17, 15) is 5.11 Å². The number of nitrogen functional groups attached to an aromatic ring is 1. The molecule has 0 radical (unpaired) electrons. The molecule has 0 spiro atoms. The minimum atomic E-state index is -0.0310. The van der Waals surface area contributed by atoms with Gasteiger partial charge in [-0.05, 0) is 18.2 Å². The van der Waals surface area contributed by atoms with E-state index in [0.717, 1.165) is 5.56 Å². The Balaban J connectivity index is 2.57. The first kappa shape index (κ1) is 9.99. The molecule has 3 N–H and O–H groups in total. The van der Waals surface area contributed by atoms with Crippen molar-refractivity contribution in [1.82, 2.24) is 4.98 Å². The number of nitrogens with two attached hydrogens (primary N) is 1. The normalized spacial score (nSPS) is 9.69. The van der Waals surface area contributed by atoms with E-state index in [2.05, 4.69) is 4.98 Å². The summed E-state index contributed by atoms with van der Waals surface area (Å²) in [6.07, 6.45) is 1.56. The van der Waals surface area contributed by atoms with Crippen molar-refractivity contribution in [2.45, 2.75) is 0 Å². The van der Waals surface area contributed by atoms with Crippen molar-refractivity contribution in [3.8, 4) is 22.9 Å². The van der Waals surface area contributed by atoms with Gasteiger partial charge in [-0.3, -0.25) is 0 Å². The van der Waals surface area contributed by atoms with Crippen molar-refractivity contribution in [1.29, 1.82) is 5.26 Å². The third-order valence-corrected chi connectivity index (χ3v) is 2.25. The number of phenols is 1. The molecule has 2 rings (SSSR count). The minimum Gasteiger partial charge on any atom is -0.506 e. The Morgan fingerprint density at radius 2 is 2.06 bits per heavy atom. The molecule has 0 amide bonds. The van der Waals surface area contributed by atoms with Gasteiger partial charge in [0.15, 0.2) is 0 Å². The zero-order chi connectivity index (χ0) is 11.5. The molecule has 0 fully saturated rings. The highest BCUT2D eigenvalue weighted by molar-refractivity contribution is 5.73. The van der Waals surface area contributed by atoms with Crippen LogP contribution in [0.4, 0.5) is 5.82 Å². The first-order valence-electron chi connectivity index (χ1n) is 4.66. The lowest BCUT2D eigenvalue weighted by molar-refractivity contribution is 0.475. The van der Waals surface area contributed by atoms with Gasteiger partial charge in [-0.25, -0.2) is 4.98 Å². The van der Waals surface area contributed by atoms with Crippen LogP contribution in [0.25, 0.3) is 11.1 Å². The topological polar surface area (TPSA) is 82.9 Å². The van der Waals surface area contributed by atoms with Gasteiger partial charge in [-0.2, -0.15) is 5.26 Å². The maximum atomic E-state index is 9.83. The second-order valence-electron chi connectivity index (χ2n) is 3.29. The van der Waals surface area contributed by atoms with Crippen LogP contribution in [0.2, 0.25) is 0 Å². The molecule has 1 aromatic heterocycles. The molecule has 0 saturated heterocycles. The number of aromatic nitrogens is 1. The number of nitrogens with zero attached hydrogens (tertiary/aromatic N) is 2. The monoisotopic (exact) mass is 211 g/mol. The Labute approximate surface area is 92.6 Å². The molecule has 0 aliphatic carbocycles. The first-order chi connectivity index (χ1) is 7.72. The molecule has 16 heavy (non-hydrogen) atoms. The van der Waals surface area contributed by atoms with Crippen LogP contribution in [0.15, 0.2) is 36.5 Å². The zero-order valence-electron chi connectivity index (χ0n) is 8.38. The SMILES string of the molecule is N#Cc1cccc(-c2ccc(N)nc2)c1O. The van der Waals surface area contributed by atoms with Crippen LogP contribution in [0, 0.1) is 11.3 Å². The van der Waals surface area contributed by atoms with Gasteiger partial charge in [-0.1, -0.05) is 12.1 Å². The second-order valence-corrected chi connectivity index (χ2v) is 3.29. The van der Waals surface area contributed by atoms with Gasteiger partial charge in [-0.15, -0.1) is 0 Å². The Morgan fingerprint density at radius 3 is 2.69 bits per heavy atom. The molecule has 78 valence electrons. The summed E-state index contributed by atoms with van der Waals surface area (Å²) in [4.78, 5) is 3.94. The van der Waals surface area contributed by atoms with Crippen molar-refractivity contribution in [3.05, 3.63) is 42.1 Å². The van der Waals surface area contributed by atoms with Crippen LogP contribution in [-0.2, 0) is 0 Å². The molecule has 0 saturated carbocycles. The van der Waals surface area contributed by atoms with E-state index in [1.807, 2.05) is 6.07 Å². The number of para-hydroxylation sites is 1. The van der Waals surface area contributed by atoms with Gasteiger partial charge in [0.25, 0.3) is 0 Å². The number of rotatable bonds is 1. The van der Waals surface area contributed by atoms with Crippen molar-refractivity contribution < 1.29 is 5.11 Å². The van der Waals surface area contributed by atoms with Crippen LogP contribution in [0.1, 0.15) is 5.56 Å². The highest BCUT2D eigenvalue weighted by Gasteiger charge is 2.08. The number of hydrogen-bond acceptors (Lipinski definition) is 4. The number of aromatic hydroxyl groups is 1. The molecule has 4 heteroatoms. The lowest BCUT2D eigenvalue weighted by Crippen LogP contribution is -1.89. The van der Waals surface area contributed by atoms with E-state index in [4.69, 9.17) is 11.0 Å². The summed E-state index contributed by atoms with van der Waals surface area (Å²) in [5.74, 6) is 0.385. The van der Waals surface area contributed by atoms with Crippen LogP contribution in [0.5, 0.6) is 5.75 Å². The maximum Gasteiger partial charge on any atom is 0.141 e. The molecular weight excluding hydrogens is 202 g/mol. The fraction of sp³-hybridized carbons (Fsp3) is 0. The van der Waals surface area contributed by atoms with Gasteiger partial charge < -0.3 is 10.8 Å². The maximum absolute atomic E-state index is 9.83. The van der Waals surface area contributed by atoms with Crippen LogP contribution in [-0.4, -0.2) is 10.1 Å². The predicted molar refractivity (Wildman–Crippen MR) is 60.5 cm³/mol. The summed E-state index contributed by atoms with van der Waals surface area (Å²) >= 11 is 0. The quantitative estimate of drug-likeness (QED) is 0.754. The Morgan fingerprint density at radius 1 is 1.25 bits per heavy atom. The fourth-order valence-electron chi connectivity index (χ4n) is 1.43. The van der Waals surface area contributed by atoms with E-state index < -0.39 is 0 Å².